The summed E-state index contributed by atoms with van der Waals surface area (Å²) in [5.74, 6) is 1.07. The summed E-state index contributed by atoms with van der Waals surface area (Å²) in [4.78, 5) is 21.5. The molecule has 1 amide bonds. The molecule has 1 aliphatic heterocycles. The van der Waals surface area contributed by atoms with Crippen molar-refractivity contribution >= 4 is 35.1 Å². The summed E-state index contributed by atoms with van der Waals surface area (Å²) in [6, 6.07) is 0.267. The van der Waals surface area contributed by atoms with Crippen molar-refractivity contribution < 1.29 is 9.90 Å². The topological polar surface area (TPSA) is 108 Å². The molecule has 4 rings (SSSR count). The van der Waals surface area contributed by atoms with Crippen molar-refractivity contribution in [2.45, 2.75) is 38.1 Å². The van der Waals surface area contributed by atoms with Crippen LogP contribution in [0, 0.1) is 5.41 Å². The van der Waals surface area contributed by atoms with Gasteiger partial charge >= 0.3 is 6.09 Å². The number of aryl methyl sites for hydroxylation is 1. The summed E-state index contributed by atoms with van der Waals surface area (Å²) >= 11 is 6.29. The Labute approximate surface area is 168 Å². The molecule has 10 heteroatoms. The number of likely N-dealkylation sites (tertiary alicyclic amines) is 1. The molecule has 0 aromatic carbocycles. The molecule has 2 aliphatic rings. The van der Waals surface area contributed by atoms with E-state index in [1.165, 1.54) is 0 Å². The Hall–Kier alpha value is -2.55. The Morgan fingerprint density at radius 2 is 2.11 bits per heavy atom. The molecule has 2 aromatic heterocycles. The van der Waals surface area contributed by atoms with Crippen LogP contribution in [0.4, 0.5) is 22.2 Å². The second-order valence-corrected chi connectivity index (χ2v) is 8.20. The number of amides is 1. The third-order valence-corrected chi connectivity index (χ3v) is 6.08. The van der Waals surface area contributed by atoms with Gasteiger partial charge in [-0.05, 0) is 37.5 Å². The Bertz CT molecular complexity index is 863. The lowest BCUT2D eigenvalue weighted by atomic mass is 9.72. The molecule has 3 heterocycles. The zero-order valence-electron chi connectivity index (χ0n) is 15.7. The quantitative estimate of drug-likeness (QED) is 0.715. The average molecular weight is 406 g/mol. The summed E-state index contributed by atoms with van der Waals surface area (Å²) in [5.41, 5.74) is 0.943. The molecule has 0 radical (unpaired) electrons. The number of aromatic nitrogens is 4. The lowest BCUT2D eigenvalue weighted by molar-refractivity contribution is 0.138. The molecule has 0 bridgehead atoms. The first-order valence-electron chi connectivity index (χ1n) is 9.45. The monoisotopic (exact) mass is 405 g/mol. The molecule has 0 atom stereocenters. The van der Waals surface area contributed by atoms with Gasteiger partial charge in [-0.3, -0.25) is 4.68 Å². The van der Waals surface area contributed by atoms with E-state index in [-0.39, 0.29) is 11.5 Å². The number of halogens is 1. The number of nitrogens with one attached hydrogen (secondary N) is 2. The van der Waals surface area contributed by atoms with E-state index in [2.05, 4.69) is 25.7 Å². The van der Waals surface area contributed by atoms with Gasteiger partial charge < -0.3 is 20.6 Å². The van der Waals surface area contributed by atoms with Crippen molar-refractivity contribution in [2.24, 2.45) is 12.5 Å². The molecular weight excluding hydrogens is 382 g/mol. The van der Waals surface area contributed by atoms with Crippen molar-refractivity contribution in [3.8, 4) is 0 Å². The van der Waals surface area contributed by atoms with Gasteiger partial charge in [0.25, 0.3) is 0 Å². The number of rotatable bonds is 4. The summed E-state index contributed by atoms with van der Waals surface area (Å²) in [6.45, 7) is 1.30. The van der Waals surface area contributed by atoms with E-state index in [0.29, 0.717) is 29.9 Å². The van der Waals surface area contributed by atoms with Crippen LogP contribution in [-0.2, 0) is 7.05 Å². The first-order chi connectivity index (χ1) is 13.4. The third-order valence-electron chi connectivity index (χ3n) is 5.80. The molecule has 1 saturated carbocycles. The van der Waals surface area contributed by atoms with Gasteiger partial charge in [-0.25, -0.2) is 9.78 Å². The number of hydrogen-bond acceptors (Lipinski definition) is 6. The van der Waals surface area contributed by atoms with Crippen LogP contribution in [0.15, 0.2) is 18.6 Å². The highest BCUT2D eigenvalue weighted by atomic mass is 35.5. The summed E-state index contributed by atoms with van der Waals surface area (Å²) in [6.07, 6.45) is 9.25. The van der Waals surface area contributed by atoms with E-state index >= 15 is 0 Å². The molecule has 2 fully saturated rings. The fourth-order valence-electron chi connectivity index (χ4n) is 4.22. The van der Waals surface area contributed by atoms with Crippen LogP contribution in [0.5, 0.6) is 0 Å². The number of nitrogens with zero attached hydrogens (tertiary/aromatic N) is 5. The molecule has 150 valence electrons. The summed E-state index contributed by atoms with van der Waals surface area (Å²) < 4.78 is 1.70. The normalized spacial score (nSPS) is 24.5. The van der Waals surface area contributed by atoms with E-state index in [4.69, 9.17) is 11.6 Å². The molecule has 1 aliphatic carbocycles. The van der Waals surface area contributed by atoms with Crippen molar-refractivity contribution in [3.05, 3.63) is 23.6 Å². The van der Waals surface area contributed by atoms with Gasteiger partial charge in [-0.2, -0.15) is 10.1 Å². The highest BCUT2D eigenvalue weighted by Crippen LogP contribution is 2.44. The van der Waals surface area contributed by atoms with Crippen LogP contribution >= 0.6 is 11.6 Å². The Morgan fingerprint density at radius 3 is 2.75 bits per heavy atom. The van der Waals surface area contributed by atoms with E-state index in [1.54, 1.807) is 22.0 Å². The van der Waals surface area contributed by atoms with Crippen molar-refractivity contribution in [2.75, 3.05) is 23.7 Å². The SMILES string of the molecule is Cn1cc(Nc2ncc(Cl)c(NC3CCC4(CC3)CCN(C(=O)O)C4)n2)cn1. The maximum atomic E-state index is 11.2. The summed E-state index contributed by atoms with van der Waals surface area (Å²) in [7, 11) is 1.84. The minimum absolute atomic E-state index is 0.138. The van der Waals surface area contributed by atoms with Crippen LogP contribution in [0.25, 0.3) is 0 Å². The first kappa shape index (κ1) is 18.8. The van der Waals surface area contributed by atoms with Crippen LogP contribution < -0.4 is 10.6 Å². The maximum Gasteiger partial charge on any atom is 0.407 e. The second kappa shape index (κ2) is 7.46. The fourth-order valence-corrected chi connectivity index (χ4v) is 4.36. The minimum atomic E-state index is -0.807. The maximum absolute atomic E-state index is 11.2. The fraction of sp³-hybridized carbons (Fsp3) is 0.556. The van der Waals surface area contributed by atoms with Gasteiger partial charge in [0.05, 0.1) is 18.1 Å². The van der Waals surface area contributed by atoms with Crippen LogP contribution in [-0.4, -0.2) is 55.0 Å². The van der Waals surface area contributed by atoms with Gasteiger partial charge in [-0.15, -0.1) is 0 Å². The highest BCUT2D eigenvalue weighted by molar-refractivity contribution is 6.32. The standard InChI is InChI=1S/C18H24ClN7O2/c1-25-10-13(8-21-25)23-16-20-9-14(19)15(24-16)22-12-2-4-18(5-3-12)6-7-26(11-18)17(27)28/h8-10,12H,2-7,11H2,1H3,(H,27,28)(H2,20,22,23,24). The van der Waals surface area contributed by atoms with Crippen molar-refractivity contribution in [1.29, 1.82) is 0 Å². The largest absolute Gasteiger partial charge is 0.465 e. The van der Waals surface area contributed by atoms with E-state index in [9.17, 15) is 9.90 Å². The minimum Gasteiger partial charge on any atom is -0.465 e. The highest BCUT2D eigenvalue weighted by Gasteiger charge is 2.42. The van der Waals surface area contributed by atoms with Crippen LogP contribution in [0.3, 0.4) is 0 Å². The molecule has 1 spiro atoms. The number of anilines is 3. The molecule has 28 heavy (non-hydrogen) atoms. The molecule has 9 nitrogen and oxygen atoms in total. The van der Waals surface area contributed by atoms with E-state index < -0.39 is 6.09 Å². The lowest BCUT2D eigenvalue weighted by Crippen LogP contribution is -2.37. The molecular formula is C18H24ClN7O2. The number of hydrogen-bond donors (Lipinski definition) is 3. The average Bonchev–Trinajstić information content (AvgIpc) is 3.27. The lowest BCUT2D eigenvalue weighted by Gasteiger charge is -2.37. The van der Waals surface area contributed by atoms with Gasteiger partial charge in [0.2, 0.25) is 5.95 Å². The van der Waals surface area contributed by atoms with Gasteiger partial charge in [0.1, 0.15) is 5.02 Å². The van der Waals surface area contributed by atoms with Crippen molar-refractivity contribution in [3.63, 3.8) is 0 Å². The van der Waals surface area contributed by atoms with Crippen LogP contribution in [0.2, 0.25) is 5.02 Å². The predicted molar refractivity (Wildman–Crippen MR) is 106 cm³/mol. The predicted octanol–water partition coefficient (Wildman–Crippen LogP) is 3.33. The molecule has 3 N–H and O–H groups in total. The smallest absolute Gasteiger partial charge is 0.407 e. The Balaban J connectivity index is 1.37. The van der Waals surface area contributed by atoms with Crippen molar-refractivity contribution in [1.82, 2.24) is 24.6 Å². The van der Waals surface area contributed by atoms with Crippen LogP contribution in [0.1, 0.15) is 32.1 Å². The second-order valence-electron chi connectivity index (χ2n) is 7.79. The van der Waals surface area contributed by atoms with E-state index in [0.717, 1.165) is 37.8 Å². The zero-order valence-corrected chi connectivity index (χ0v) is 16.5. The third kappa shape index (κ3) is 3.99. The zero-order chi connectivity index (χ0) is 19.7. The Morgan fingerprint density at radius 1 is 1.32 bits per heavy atom. The number of carboxylic acid groups (broad SMARTS) is 1. The molecule has 2 aromatic rings. The van der Waals surface area contributed by atoms with E-state index in [1.807, 2.05) is 13.2 Å². The van der Waals surface area contributed by atoms with Gasteiger partial charge in [0.15, 0.2) is 5.82 Å². The number of carbonyl (C=O) groups is 1. The molecule has 1 saturated heterocycles. The van der Waals surface area contributed by atoms with Gasteiger partial charge in [0, 0.05) is 32.4 Å². The summed E-state index contributed by atoms with van der Waals surface area (Å²) in [5, 5.41) is 20.4. The van der Waals surface area contributed by atoms with Gasteiger partial charge in [-0.1, -0.05) is 11.6 Å². The Kier molecular flexibility index (Phi) is 5.01. The first-order valence-corrected chi connectivity index (χ1v) is 9.83. The molecule has 0 unspecified atom stereocenters.